The summed E-state index contributed by atoms with van der Waals surface area (Å²) in [6.45, 7) is 2.22. The van der Waals surface area contributed by atoms with E-state index in [0.29, 0.717) is 5.75 Å². The topological polar surface area (TPSA) is 27.7 Å². The van der Waals surface area contributed by atoms with E-state index in [1.54, 1.807) is 14.2 Å². The number of allylic oxidation sites excluding steroid dienone is 1. The summed E-state index contributed by atoms with van der Waals surface area (Å²) in [5, 5.41) is 0. The molecule has 1 aliphatic heterocycles. The molecule has 0 aliphatic carbocycles. The molecule has 0 amide bonds. The van der Waals surface area contributed by atoms with Crippen molar-refractivity contribution < 1.29 is 14.2 Å². The fourth-order valence-electron chi connectivity index (χ4n) is 3.32. The van der Waals surface area contributed by atoms with Gasteiger partial charge in [0.15, 0.2) is 17.6 Å². The second-order valence-electron chi connectivity index (χ2n) is 6.89. The highest BCUT2D eigenvalue weighted by Gasteiger charge is 2.23. The molecule has 0 saturated carbocycles. The molecule has 0 radical (unpaired) electrons. The lowest BCUT2D eigenvalue weighted by molar-refractivity contribution is 0.152. The summed E-state index contributed by atoms with van der Waals surface area (Å²) in [6.07, 6.45) is 7.55. The predicted octanol–water partition coefficient (Wildman–Crippen LogP) is 6.14. The van der Waals surface area contributed by atoms with Gasteiger partial charge in [0.1, 0.15) is 0 Å². The van der Waals surface area contributed by atoms with E-state index >= 15 is 0 Å². The van der Waals surface area contributed by atoms with Crippen LogP contribution in [0.3, 0.4) is 0 Å². The molecule has 1 unspecified atom stereocenters. The molecule has 1 atom stereocenters. The van der Waals surface area contributed by atoms with E-state index in [1.807, 2.05) is 42.5 Å². The van der Waals surface area contributed by atoms with Crippen molar-refractivity contribution in [3.8, 4) is 23.3 Å². The van der Waals surface area contributed by atoms with Gasteiger partial charge in [0.25, 0.3) is 0 Å². The van der Waals surface area contributed by atoms with Crippen LogP contribution in [0.15, 0.2) is 48.2 Å². The van der Waals surface area contributed by atoms with Gasteiger partial charge in [-0.3, -0.25) is 0 Å². The van der Waals surface area contributed by atoms with Crippen molar-refractivity contribution >= 4 is 6.08 Å². The monoisotopic (exact) mass is 376 g/mol. The van der Waals surface area contributed by atoms with Crippen molar-refractivity contribution in [2.24, 2.45) is 0 Å². The van der Waals surface area contributed by atoms with Gasteiger partial charge in [-0.1, -0.05) is 50.3 Å². The largest absolute Gasteiger partial charge is 0.493 e. The number of benzene rings is 2. The van der Waals surface area contributed by atoms with Crippen LogP contribution in [0.4, 0.5) is 0 Å². The summed E-state index contributed by atoms with van der Waals surface area (Å²) in [7, 11) is 3.30. The maximum Gasteiger partial charge on any atom is 0.184 e. The summed E-state index contributed by atoms with van der Waals surface area (Å²) >= 11 is 0. The van der Waals surface area contributed by atoms with Crippen molar-refractivity contribution in [3.05, 3.63) is 64.9 Å². The summed E-state index contributed by atoms with van der Waals surface area (Å²) < 4.78 is 17.2. The van der Waals surface area contributed by atoms with Gasteiger partial charge in [-0.15, -0.1) is 0 Å². The van der Waals surface area contributed by atoms with Crippen molar-refractivity contribution in [1.82, 2.24) is 0 Å². The van der Waals surface area contributed by atoms with Gasteiger partial charge in [0, 0.05) is 17.5 Å². The van der Waals surface area contributed by atoms with Gasteiger partial charge in [0.2, 0.25) is 0 Å². The standard InChI is InChI=1S/C25H28O3/c1-4-5-6-10-13-21-16-20-17-24(26-2)25(27-3)18-22(20)23(28-21)15-14-19-11-8-7-9-12-19/h7-9,11-12,16-18,23H,4-6,10,13H2,1-3H3. The van der Waals surface area contributed by atoms with E-state index in [4.69, 9.17) is 14.2 Å². The van der Waals surface area contributed by atoms with E-state index in [0.717, 1.165) is 41.0 Å². The molecule has 2 aromatic rings. The van der Waals surface area contributed by atoms with Crippen LogP contribution in [0, 0.1) is 11.8 Å². The molecule has 0 fully saturated rings. The highest BCUT2D eigenvalue weighted by molar-refractivity contribution is 5.65. The Morgan fingerprint density at radius 1 is 0.964 bits per heavy atom. The molecule has 0 saturated heterocycles. The summed E-state index contributed by atoms with van der Waals surface area (Å²) in [4.78, 5) is 0. The van der Waals surface area contributed by atoms with Gasteiger partial charge >= 0.3 is 0 Å². The molecule has 3 rings (SSSR count). The Hall–Kier alpha value is -2.86. The number of ether oxygens (including phenoxy) is 3. The summed E-state index contributed by atoms with van der Waals surface area (Å²) in [6, 6.07) is 14.0. The van der Waals surface area contributed by atoms with Crippen LogP contribution in [0.25, 0.3) is 6.08 Å². The van der Waals surface area contributed by atoms with Crippen LogP contribution >= 0.6 is 0 Å². The summed E-state index contributed by atoms with van der Waals surface area (Å²) in [5.74, 6) is 8.95. The smallest absolute Gasteiger partial charge is 0.184 e. The molecule has 1 heterocycles. The molecule has 2 aromatic carbocycles. The zero-order valence-corrected chi connectivity index (χ0v) is 17.0. The average Bonchev–Trinajstić information content (AvgIpc) is 2.74. The zero-order valence-electron chi connectivity index (χ0n) is 17.0. The maximum absolute atomic E-state index is 6.28. The minimum absolute atomic E-state index is 0.318. The van der Waals surface area contributed by atoms with Crippen LogP contribution in [0.5, 0.6) is 11.5 Å². The Bertz CT molecular complexity index is 872. The molecule has 3 nitrogen and oxygen atoms in total. The Balaban J connectivity index is 1.92. The lowest BCUT2D eigenvalue weighted by Gasteiger charge is -2.25. The van der Waals surface area contributed by atoms with E-state index < -0.39 is 0 Å². The van der Waals surface area contributed by atoms with Crippen molar-refractivity contribution in [2.45, 2.75) is 45.1 Å². The quantitative estimate of drug-likeness (QED) is 0.429. The van der Waals surface area contributed by atoms with Gasteiger partial charge in [-0.2, -0.15) is 0 Å². The van der Waals surface area contributed by atoms with E-state index in [-0.39, 0.29) is 6.10 Å². The fourth-order valence-corrected chi connectivity index (χ4v) is 3.32. The molecule has 0 N–H and O–H groups in total. The highest BCUT2D eigenvalue weighted by atomic mass is 16.5. The van der Waals surface area contributed by atoms with Gasteiger partial charge in [-0.05, 0) is 48.2 Å². The first-order valence-electron chi connectivity index (χ1n) is 9.95. The maximum atomic E-state index is 6.28. The fraction of sp³-hybridized carbons (Fsp3) is 0.360. The van der Waals surface area contributed by atoms with Crippen LogP contribution in [0.1, 0.15) is 61.8 Å². The lowest BCUT2D eigenvalue weighted by atomic mass is 9.96. The molecule has 28 heavy (non-hydrogen) atoms. The first-order chi connectivity index (χ1) is 13.7. The second-order valence-corrected chi connectivity index (χ2v) is 6.89. The number of hydrogen-bond donors (Lipinski definition) is 0. The first-order valence-corrected chi connectivity index (χ1v) is 9.95. The molecular formula is C25H28O3. The van der Waals surface area contributed by atoms with Gasteiger partial charge in [0.05, 0.1) is 20.0 Å². The molecule has 0 aromatic heterocycles. The number of fused-ring (bicyclic) bond motifs is 1. The van der Waals surface area contributed by atoms with Gasteiger partial charge in [-0.25, -0.2) is 0 Å². The Labute approximate surface area is 168 Å². The van der Waals surface area contributed by atoms with Crippen molar-refractivity contribution in [1.29, 1.82) is 0 Å². The lowest BCUT2D eigenvalue weighted by Crippen LogP contribution is -2.10. The highest BCUT2D eigenvalue weighted by Crippen LogP contribution is 2.39. The van der Waals surface area contributed by atoms with E-state index in [1.165, 1.54) is 19.3 Å². The molecule has 1 aliphatic rings. The van der Waals surface area contributed by atoms with Crippen molar-refractivity contribution in [3.63, 3.8) is 0 Å². The molecule has 0 bridgehead atoms. The van der Waals surface area contributed by atoms with E-state index in [9.17, 15) is 0 Å². The Morgan fingerprint density at radius 2 is 1.71 bits per heavy atom. The van der Waals surface area contributed by atoms with Crippen LogP contribution in [-0.4, -0.2) is 14.2 Å². The first kappa shape index (κ1) is 19.9. The minimum Gasteiger partial charge on any atom is -0.493 e. The molecule has 0 spiro atoms. The molecule has 146 valence electrons. The number of rotatable bonds is 7. The third-order valence-corrected chi connectivity index (χ3v) is 4.86. The SMILES string of the molecule is CCCCCCC1=Cc2cc(OC)c(OC)cc2C(C#Cc2ccccc2)O1. The minimum atomic E-state index is -0.318. The second kappa shape index (κ2) is 9.90. The third kappa shape index (κ3) is 4.89. The normalized spacial score (nSPS) is 14.8. The van der Waals surface area contributed by atoms with Crippen molar-refractivity contribution in [2.75, 3.05) is 14.2 Å². The van der Waals surface area contributed by atoms with E-state index in [2.05, 4.69) is 24.8 Å². The third-order valence-electron chi connectivity index (χ3n) is 4.86. The molecular weight excluding hydrogens is 348 g/mol. The van der Waals surface area contributed by atoms with Crippen LogP contribution in [0.2, 0.25) is 0 Å². The Morgan fingerprint density at radius 3 is 2.43 bits per heavy atom. The molecule has 3 heteroatoms. The van der Waals surface area contributed by atoms with Crippen LogP contribution < -0.4 is 9.47 Å². The average molecular weight is 376 g/mol. The summed E-state index contributed by atoms with van der Waals surface area (Å²) in [5.41, 5.74) is 3.08. The number of unbranched alkanes of at least 4 members (excludes halogenated alkanes) is 3. The van der Waals surface area contributed by atoms with Crippen LogP contribution in [-0.2, 0) is 4.74 Å². The number of hydrogen-bond acceptors (Lipinski definition) is 3. The zero-order chi connectivity index (χ0) is 19.8. The predicted molar refractivity (Wildman–Crippen MR) is 113 cm³/mol. The Kier molecular flexibility index (Phi) is 7.03. The van der Waals surface area contributed by atoms with Gasteiger partial charge < -0.3 is 14.2 Å². The number of methoxy groups -OCH3 is 2.